The van der Waals surface area contributed by atoms with Crippen molar-refractivity contribution < 1.29 is 32.9 Å². The molecule has 1 aliphatic heterocycles. The minimum Gasteiger partial charge on any atom is -0.471 e. The molecule has 1 saturated heterocycles. The quantitative estimate of drug-likeness (QED) is 0.172. The minimum atomic E-state index is -3.47. The fraction of sp³-hybridized carbons (Fsp3) is 0.552. The summed E-state index contributed by atoms with van der Waals surface area (Å²) in [5, 5.41) is 2.74. The van der Waals surface area contributed by atoms with Gasteiger partial charge in [0.05, 0.1) is 24.5 Å². The highest BCUT2D eigenvalue weighted by Crippen LogP contribution is 2.54. The Labute approximate surface area is 267 Å². The molecule has 14 nitrogen and oxygen atoms in total. The summed E-state index contributed by atoms with van der Waals surface area (Å²) in [7, 11) is 5.09. The second-order valence-electron chi connectivity index (χ2n) is 12.4. The molecule has 1 amide bonds. The van der Waals surface area contributed by atoms with E-state index in [0.717, 1.165) is 5.56 Å². The maximum Gasteiger partial charge on any atom is 0.362 e. The van der Waals surface area contributed by atoms with E-state index < -0.39 is 24.6 Å². The molecule has 0 saturated carbocycles. The molecule has 0 aliphatic carbocycles. The van der Waals surface area contributed by atoms with Gasteiger partial charge in [0.15, 0.2) is 11.2 Å². The molecule has 3 atom stereocenters. The van der Waals surface area contributed by atoms with Gasteiger partial charge in [-0.3, -0.25) is 28.9 Å². The molecule has 246 valence electrons. The van der Waals surface area contributed by atoms with Gasteiger partial charge in [0.1, 0.15) is 18.6 Å². The first-order valence-corrected chi connectivity index (χ1v) is 17.0. The zero-order valence-electron chi connectivity index (χ0n) is 26.8. The fourth-order valence-electron chi connectivity index (χ4n) is 4.11. The van der Waals surface area contributed by atoms with Crippen LogP contribution in [0.15, 0.2) is 30.6 Å². The lowest BCUT2D eigenvalue weighted by atomic mass is 9.97. The molecule has 3 aromatic rings. The average Bonchev–Trinajstić information content (AvgIpc) is 3.39. The summed E-state index contributed by atoms with van der Waals surface area (Å²) < 4.78 is 38.9. The van der Waals surface area contributed by atoms with Crippen LogP contribution in [0, 0.1) is 11.3 Å². The average molecular weight is 666 g/mol. The van der Waals surface area contributed by atoms with E-state index >= 15 is 0 Å². The van der Waals surface area contributed by atoms with E-state index in [0.29, 0.717) is 30.0 Å². The Hall–Kier alpha value is -3.13. The minimum absolute atomic E-state index is 0.0136. The molecule has 0 spiro atoms. The highest BCUT2D eigenvalue weighted by molar-refractivity contribution is 7.83. The smallest absolute Gasteiger partial charge is 0.362 e. The molecule has 1 aromatic carbocycles. The first-order valence-electron chi connectivity index (χ1n) is 14.5. The summed E-state index contributed by atoms with van der Waals surface area (Å²) in [6.45, 7) is 6.59. The van der Waals surface area contributed by atoms with Crippen LogP contribution in [-0.2, 0) is 30.0 Å². The number of benzene rings is 1. The molecule has 1 aliphatic rings. The van der Waals surface area contributed by atoms with Crippen molar-refractivity contribution in [1.82, 2.24) is 29.1 Å². The normalized spacial score (nSPS) is 19.1. The number of nitrogens with one attached hydrogen (secondary N) is 1. The Balaban J connectivity index is 1.58. The predicted octanol–water partition coefficient (Wildman–Crippen LogP) is 4.71. The van der Waals surface area contributed by atoms with E-state index in [4.69, 9.17) is 30.0 Å². The number of esters is 1. The van der Waals surface area contributed by atoms with E-state index in [9.17, 15) is 14.2 Å². The highest BCUT2D eigenvalue weighted by Gasteiger charge is 2.32. The van der Waals surface area contributed by atoms with Gasteiger partial charge in [-0.1, -0.05) is 26.0 Å². The number of morpholine rings is 1. The van der Waals surface area contributed by atoms with E-state index in [-0.39, 0.29) is 42.8 Å². The molecule has 2 aromatic heterocycles. The Kier molecular flexibility index (Phi) is 10.9. The number of hydrogen-bond acceptors (Lipinski definition) is 11. The van der Waals surface area contributed by atoms with E-state index in [2.05, 4.69) is 20.3 Å². The maximum absolute atomic E-state index is 12.5. The van der Waals surface area contributed by atoms with Gasteiger partial charge in [0, 0.05) is 19.0 Å². The number of nitrogens with zero attached hydrogens (tertiary/aromatic N) is 6. The van der Waals surface area contributed by atoms with E-state index in [1.807, 2.05) is 11.9 Å². The molecule has 0 radical (unpaired) electrons. The topological polar surface area (TPSA) is 150 Å². The Morgan fingerprint density at radius 1 is 1.18 bits per heavy atom. The molecule has 4 rings (SSSR count). The van der Waals surface area contributed by atoms with Crippen LogP contribution in [0.3, 0.4) is 0 Å². The van der Waals surface area contributed by atoms with Crippen molar-refractivity contribution in [3.8, 4) is 11.6 Å². The number of rotatable bonds is 11. The summed E-state index contributed by atoms with van der Waals surface area (Å²) in [6.07, 6.45) is 0.588. The summed E-state index contributed by atoms with van der Waals surface area (Å²) in [5.41, 5.74) is 0.925. The van der Waals surface area contributed by atoms with Gasteiger partial charge in [-0.25, -0.2) is 9.65 Å². The standard InChI is InChI=1S/C29H41ClN7O7P/c1-18(2)25(38)33-28-32-24-23(26(34-28)41-15-19-9-11-20(12-10-19)44-27(39)29(3,4)5)31-17-37(24)22-14-36(8)13-21(43-22)16-42-45(30,40)35(6)7/h9-12,17-18,21-22H,13-16H2,1-8H3,(H,32,33,34,38)/t21-,22?,45-/m0/s1. The fourth-order valence-corrected chi connectivity index (χ4v) is 4.86. The number of imidazole rings is 1. The van der Waals surface area contributed by atoms with Crippen LogP contribution >= 0.6 is 18.1 Å². The zero-order chi connectivity index (χ0) is 33.1. The van der Waals surface area contributed by atoms with Gasteiger partial charge in [-0.2, -0.15) is 9.97 Å². The molecular weight excluding hydrogens is 625 g/mol. The Morgan fingerprint density at radius 3 is 2.49 bits per heavy atom. The Bertz CT molecular complexity index is 1560. The first-order chi connectivity index (χ1) is 21.0. The lowest BCUT2D eigenvalue weighted by molar-refractivity contribution is -0.143. The Morgan fingerprint density at radius 2 is 1.87 bits per heavy atom. The van der Waals surface area contributed by atoms with Crippen molar-refractivity contribution in [3.05, 3.63) is 36.2 Å². The van der Waals surface area contributed by atoms with Crippen LogP contribution in [-0.4, -0.2) is 87.9 Å². The number of likely N-dealkylation sites (N-methyl/N-ethyl adjacent to an activating group) is 1. The van der Waals surface area contributed by atoms with E-state index in [1.54, 1.807) is 83.9 Å². The molecule has 16 heteroatoms. The molecule has 1 N–H and O–H groups in total. The SMILES string of the molecule is CC(C)C(=O)Nc1nc(OCc2ccc(OC(=O)C(C)(C)C)cc2)c2ncn(C3CN(C)C[C@@H](CO[P@@](=O)(Cl)N(C)C)O3)c2n1. The molecule has 3 heterocycles. The van der Waals surface area contributed by atoms with Crippen LogP contribution in [0.5, 0.6) is 11.6 Å². The van der Waals surface area contributed by atoms with Crippen LogP contribution in [0.25, 0.3) is 11.2 Å². The molecular formula is C29H41ClN7O7P. The molecule has 1 unspecified atom stereocenters. The van der Waals surface area contributed by atoms with E-state index in [1.165, 1.54) is 4.67 Å². The van der Waals surface area contributed by atoms with Crippen molar-refractivity contribution in [3.63, 3.8) is 0 Å². The second-order valence-corrected chi connectivity index (χ2v) is 15.7. The van der Waals surface area contributed by atoms with Gasteiger partial charge in [-0.15, -0.1) is 0 Å². The van der Waals surface area contributed by atoms with Gasteiger partial charge in [0.2, 0.25) is 17.7 Å². The molecule has 45 heavy (non-hydrogen) atoms. The third-order valence-electron chi connectivity index (χ3n) is 6.81. The van der Waals surface area contributed by atoms with Crippen molar-refractivity contribution >= 4 is 47.1 Å². The molecule has 0 bridgehead atoms. The number of fused-ring (bicyclic) bond motifs is 1. The third-order valence-corrected chi connectivity index (χ3v) is 9.43. The monoisotopic (exact) mass is 665 g/mol. The predicted molar refractivity (Wildman–Crippen MR) is 169 cm³/mol. The number of amides is 1. The summed E-state index contributed by atoms with van der Waals surface area (Å²) in [4.78, 5) is 40.4. The van der Waals surface area contributed by atoms with Crippen molar-refractivity contribution in [1.29, 1.82) is 0 Å². The number of carbonyl (C=O) groups excluding carboxylic acids is 2. The summed E-state index contributed by atoms with van der Waals surface area (Å²) in [5.74, 6) is -0.248. The highest BCUT2D eigenvalue weighted by atomic mass is 35.7. The summed E-state index contributed by atoms with van der Waals surface area (Å²) in [6, 6.07) is 6.96. The van der Waals surface area contributed by atoms with Crippen LogP contribution in [0.4, 0.5) is 5.95 Å². The largest absolute Gasteiger partial charge is 0.471 e. The number of halogens is 1. The molecule has 1 fully saturated rings. The lowest BCUT2D eigenvalue weighted by Gasteiger charge is -2.36. The van der Waals surface area contributed by atoms with Gasteiger partial charge < -0.3 is 18.7 Å². The van der Waals surface area contributed by atoms with Crippen molar-refractivity contribution in [2.45, 2.75) is 53.6 Å². The lowest BCUT2D eigenvalue weighted by Crippen LogP contribution is -2.45. The number of hydrogen-bond donors (Lipinski definition) is 1. The van der Waals surface area contributed by atoms with Crippen LogP contribution in [0.1, 0.15) is 46.4 Å². The summed E-state index contributed by atoms with van der Waals surface area (Å²) >= 11 is 6.05. The van der Waals surface area contributed by atoms with Gasteiger partial charge >= 0.3 is 12.8 Å². The van der Waals surface area contributed by atoms with Crippen LogP contribution in [0.2, 0.25) is 0 Å². The van der Waals surface area contributed by atoms with Gasteiger partial charge in [0.25, 0.3) is 0 Å². The number of carbonyl (C=O) groups is 2. The van der Waals surface area contributed by atoms with Crippen LogP contribution < -0.4 is 14.8 Å². The second kappa shape index (κ2) is 14.1. The van der Waals surface area contributed by atoms with Crippen molar-refractivity contribution in [2.75, 3.05) is 46.2 Å². The number of aromatic nitrogens is 4. The maximum atomic E-state index is 12.5. The van der Waals surface area contributed by atoms with Gasteiger partial charge in [-0.05, 0) is 70.9 Å². The number of ether oxygens (including phenoxy) is 3. The zero-order valence-corrected chi connectivity index (χ0v) is 28.5. The number of anilines is 1. The first kappa shape index (κ1) is 34.7. The van der Waals surface area contributed by atoms with Crippen molar-refractivity contribution in [2.24, 2.45) is 11.3 Å². The third kappa shape index (κ3) is 8.99.